The summed E-state index contributed by atoms with van der Waals surface area (Å²) in [6.07, 6.45) is 2.09. The van der Waals surface area contributed by atoms with Crippen molar-refractivity contribution >= 4 is 46.4 Å². The van der Waals surface area contributed by atoms with Crippen LogP contribution >= 0.6 is 0 Å². The Morgan fingerprint density at radius 3 is 2.62 bits per heavy atom. The average Bonchev–Trinajstić information content (AvgIpc) is 3.28. The van der Waals surface area contributed by atoms with Crippen molar-refractivity contribution in [3.63, 3.8) is 0 Å². The number of fused-ring (bicyclic) bond motifs is 1. The van der Waals surface area contributed by atoms with Crippen LogP contribution in [0.1, 0.15) is 57.7 Å². The standard InChI is InChI=1S/C33H44N8O4/c1-11-28(42)36-23-16-24(27(44-10)17-26(23)40(9)15-14-39(7)8)37-32-34-18-22(31(43)45-20(2)3)30(38-32)41-19-33(5,6)29-25(41)13-12-21(4)35-29/h11-13,16-18,20H,1,14-15,19H2,2-10H3,(H,36,42)(H,34,37,38)/i7D3,8D3. The zero-order valence-corrected chi connectivity index (χ0v) is 26.7. The fourth-order valence-corrected chi connectivity index (χ4v) is 5.00. The molecule has 1 amide bonds. The van der Waals surface area contributed by atoms with Gasteiger partial charge in [0.1, 0.15) is 11.3 Å². The number of pyridine rings is 1. The summed E-state index contributed by atoms with van der Waals surface area (Å²) in [4.78, 5) is 43.8. The van der Waals surface area contributed by atoms with Gasteiger partial charge in [-0.25, -0.2) is 9.78 Å². The van der Waals surface area contributed by atoms with Gasteiger partial charge in [-0.05, 0) is 59.0 Å². The molecule has 12 nitrogen and oxygen atoms in total. The van der Waals surface area contributed by atoms with E-state index in [0.717, 1.165) is 23.2 Å². The number of hydrogen-bond acceptors (Lipinski definition) is 11. The molecule has 0 bridgehead atoms. The Morgan fingerprint density at radius 1 is 1.20 bits per heavy atom. The van der Waals surface area contributed by atoms with Gasteiger partial charge in [0.2, 0.25) is 11.9 Å². The van der Waals surface area contributed by atoms with Gasteiger partial charge >= 0.3 is 5.97 Å². The van der Waals surface area contributed by atoms with Crippen molar-refractivity contribution in [2.24, 2.45) is 0 Å². The smallest absolute Gasteiger partial charge is 0.343 e. The lowest BCUT2D eigenvalue weighted by atomic mass is 9.91. The third-order valence-corrected chi connectivity index (χ3v) is 7.16. The minimum absolute atomic E-state index is 0.0356. The van der Waals surface area contributed by atoms with E-state index in [1.165, 1.54) is 13.3 Å². The number of ether oxygens (including phenoxy) is 2. The van der Waals surface area contributed by atoms with Crippen LogP contribution in [0.4, 0.5) is 34.5 Å². The zero-order chi connectivity index (χ0) is 38.1. The Balaban J connectivity index is 1.77. The maximum atomic E-state index is 13.3. The molecular weight excluding hydrogens is 572 g/mol. The Kier molecular flexibility index (Phi) is 7.69. The molecule has 0 saturated carbocycles. The second kappa shape index (κ2) is 13.5. The third kappa shape index (κ3) is 7.51. The minimum atomic E-state index is -2.86. The number of likely N-dealkylation sites (N-methyl/N-ethyl adjacent to an activating group) is 2. The number of methoxy groups -OCH3 is 1. The molecule has 2 N–H and O–H groups in total. The number of carbonyl (C=O) groups is 2. The summed E-state index contributed by atoms with van der Waals surface area (Å²) in [5, 5.41) is 5.88. The van der Waals surface area contributed by atoms with Crippen LogP contribution in [0.3, 0.4) is 0 Å². The summed E-state index contributed by atoms with van der Waals surface area (Å²) in [5.41, 5.74) is 3.32. The van der Waals surface area contributed by atoms with Crippen LogP contribution in [0.25, 0.3) is 0 Å². The number of nitrogens with zero attached hydrogens (tertiary/aromatic N) is 6. The fraction of sp³-hybridized carbons (Fsp3) is 0.424. The van der Waals surface area contributed by atoms with Crippen molar-refractivity contribution in [2.75, 3.05) is 68.2 Å². The minimum Gasteiger partial charge on any atom is -0.494 e. The lowest BCUT2D eigenvalue weighted by Gasteiger charge is -2.26. The van der Waals surface area contributed by atoms with Gasteiger partial charge in [0.05, 0.1) is 41.7 Å². The summed E-state index contributed by atoms with van der Waals surface area (Å²) >= 11 is 0. The van der Waals surface area contributed by atoms with E-state index in [4.69, 9.17) is 27.7 Å². The van der Waals surface area contributed by atoms with Crippen LogP contribution in [0, 0.1) is 6.92 Å². The first-order chi connectivity index (χ1) is 23.7. The number of aromatic nitrogens is 3. The summed E-state index contributed by atoms with van der Waals surface area (Å²) in [6, 6.07) is 7.01. The van der Waals surface area contributed by atoms with Gasteiger partial charge in [0.15, 0.2) is 5.82 Å². The number of hydrogen-bond donors (Lipinski definition) is 2. The van der Waals surface area contributed by atoms with Crippen LogP contribution in [0.15, 0.2) is 43.1 Å². The first kappa shape index (κ1) is 25.6. The normalized spacial score (nSPS) is 16.0. The predicted molar refractivity (Wildman–Crippen MR) is 179 cm³/mol. The molecular formula is C33H44N8O4. The first-order valence-corrected chi connectivity index (χ1v) is 14.4. The van der Waals surface area contributed by atoms with Crippen LogP contribution in [0.5, 0.6) is 5.75 Å². The second-order valence-corrected chi connectivity index (χ2v) is 11.6. The lowest BCUT2D eigenvalue weighted by molar-refractivity contribution is -0.111. The van der Waals surface area contributed by atoms with E-state index in [2.05, 4.69) is 36.0 Å². The van der Waals surface area contributed by atoms with Gasteiger partial charge in [0, 0.05) is 58.3 Å². The van der Waals surface area contributed by atoms with E-state index in [-0.39, 0.29) is 47.6 Å². The highest BCUT2D eigenvalue weighted by atomic mass is 16.5. The highest BCUT2D eigenvalue weighted by molar-refractivity contribution is 6.02. The Labute approximate surface area is 273 Å². The monoisotopic (exact) mass is 622 g/mol. The number of esters is 1. The number of benzene rings is 1. The molecule has 1 aliphatic heterocycles. The van der Waals surface area contributed by atoms with Gasteiger partial charge < -0.3 is 34.8 Å². The van der Waals surface area contributed by atoms with E-state index in [1.807, 2.05) is 24.0 Å². The van der Waals surface area contributed by atoms with Crippen molar-refractivity contribution < 1.29 is 27.3 Å². The lowest BCUT2D eigenvalue weighted by Crippen LogP contribution is -2.29. The summed E-state index contributed by atoms with van der Waals surface area (Å²) in [7, 11) is 3.06. The molecule has 1 aliphatic rings. The first-order valence-electron chi connectivity index (χ1n) is 17.4. The highest BCUT2D eigenvalue weighted by Crippen LogP contribution is 2.44. The summed E-state index contributed by atoms with van der Waals surface area (Å²) in [6.45, 7) is 7.45. The van der Waals surface area contributed by atoms with Crippen molar-refractivity contribution in [1.82, 2.24) is 19.9 Å². The molecule has 0 unspecified atom stereocenters. The number of carbonyl (C=O) groups excluding carboxylic acids is 2. The molecule has 4 rings (SSSR count). The molecule has 0 radical (unpaired) electrons. The van der Waals surface area contributed by atoms with Gasteiger partial charge in [-0.2, -0.15) is 4.98 Å². The number of aryl methyl sites for hydroxylation is 1. The highest BCUT2D eigenvalue weighted by Gasteiger charge is 2.39. The SMILES string of the molecule is [2H]C([2H])([2H])N(CCN(C)c1cc(OC)c(Nc2ncc(C(=O)OC(C)C)c(N3CC(C)(C)c4nc(C)ccc43)n2)cc1NC(=O)C=C)C([2H])([2H])[2H]. The predicted octanol–water partition coefficient (Wildman–Crippen LogP) is 5.05. The zero-order valence-electron chi connectivity index (χ0n) is 32.7. The van der Waals surface area contributed by atoms with E-state index < -0.39 is 25.8 Å². The fourth-order valence-electron chi connectivity index (χ4n) is 5.00. The van der Waals surface area contributed by atoms with Gasteiger partial charge in [-0.3, -0.25) is 9.78 Å². The Hall–Kier alpha value is -4.71. The van der Waals surface area contributed by atoms with Crippen LogP contribution in [-0.2, 0) is 14.9 Å². The molecule has 12 heteroatoms. The van der Waals surface area contributed by atoms with Crippen molar-refractivity contribution in [3.05, 3.63) is 60.1 Å². The Bertz CT molecular complexity index is 1780. The molecule has 0 saturated heterocycles. The van der Waals surface area contributed by atoms with Gasteiger partial charge in [-0.1, -0.05) is 20.4 Å². The van der Waals surface area contributed by atoms with E-state index in [1.54, 1.807) is 37.9 Å². The van der Waals surface area contributed by atoms with Gasteiger partial charge in [-0.15, -0.1) is 0 Å². The number of anilines is 6. The van der Waals surface area contributed by atoms with Gasteiger partial charge in [0.25, 0.3) is 0 Å². The molecule has 1 aromatic carbocycles. The van der Waals surface area contributed by atoms with Crippen molar-refractivity contribution in [3.8, 4) is 5.75 Å². The second-order valence-electron chi connectivity index (χ2n) is 11.6. The molecule has 3 aromatic rings. The maximum Gasteiger partial charge on any atom is 0.343 e. The molecule has 0 aliphatic carbocycles. The Morgan fingerprint density at radius 2 is 1.96 bits per heavy atom. The van der Waals surface area contributed by atoms with Crippen LogP contribution in [-0.4, -0.2) is 85.6 Å². The average molecular weight is 623 g/mol. The molecule has 0 fully saturated rings. The number of amides is 1. The third-order valence-electron chi connectivity index (χ3n) is 7.16. The number of nitrogens with one attached hydrogen (secondary N) is 2. The van der Waals surface area contributed by atoms with Crippen LogP contribution in [0.2, 0.25) is 0 Å². The molecule has 240 valence electrons. The summed E-state index contributed by atoms with van der Waals surface area (Å²) in [5.74, 6) is -0.424. The van der Waals surface area contributed by atoms with Crippen molar-refractivity contribution in [2.45, 2.75) is 46.1 Å². The number of rotatable bonds is 12. The largest absolute Gasteiger partial charge is 0.494 e. The van der Waals surface area contributed by atoms with Crippen molar-refractivity contribution in [1.29, 1.82) is 0 Å². The molecule has 45 heavy (non-hydrogen) atoms. The topological polar surface area (TPSA) is 125 Å². The van der Waals surface area contributed by atoms with E-state index in [9.17, 15) is 9.59 Å². The molecule has 2 aromatic heterocycles. The molecule has 0 spiro atoms. The van der Waals surface area contributed by atoms with Crippen LogP contribution < -0.4 is 25.2 Å². The maximum absolute atomic E-state index is 13.3. The van der Waals surface area contributed by atoms with E-state index >= 15 is 0 Å². The molecule has 0 atom stereocenters. The summed E-state index contributed by atoms with van der Waals surface area (Å²) < 4.78 is 57.4. The van der Waals surface area contributed by atoms with E-state index in [0.29, 0.717) is 28.6 Å². The molecule has 3 heterocycles. The quantitative estimate of drug-likeness (QED) is 0.208.